The van der Waals surface area contributed by atoms with E-state index in [9.17, 15) is 14.3 Å². The Balaban J connectivity index is 1.74. The Hall–Kier alpha value is -3.04. The van der Waals surface area contributed by atoms with Gasteiger partial charge in [0.25, 0.3) is 5.91 Å². The van der Waals surface area contributed by atoms with E-state index >= 15 is 0 Å². The number of hydrogen-bond donors (Lipinski definition) is 3. The van der Waals surface area contributed by atoms with Crippen molar-refractivity contribution in [2.75, 3.05) is 23.8 Å². The molecule has 3 rings (SSSR count). The van der Waals surface area contributed by atoms with Crippen LogP contribution in [0.5, 0.6) is 5.75 Å². The van der Waals surface area contributed by atoms with Crippen molar-refractivity contribution < 1.29 is 19.0 Å². The van der Waals surface area contributed by atoms with Gasteiger partial charge in [-0.3, -0.25) is 4.79 Å². The highest BCUT2D eigenvalue weighted by Gasteiger charge is 2.19. The maximum atomic E-state index is 14.4. The van der Waals surface area contributed by atoms with Crippen LogP contribution >= 0.6 is 0 Å². The van der Waals surface area contributed by atoms with E-state index in [1.807, 2.05) is 20.8 Å². The third-order valence-electron chi connectivity index (χ3n) is 4.06. The highest BCUT2D eigenvalue weighted by Crippen LogP contribution is 2.32. The van der Waals surface area contributed by atoms with E-state index in [0.29, 0.717) is 23.6 Å². The van der Waals surface area contributed by atoms with Crippen molar-refractivity contribution in [3.8, 4) is 17.6 Å². The third kappa shape index (κ3) is 4.81. The lowest BCUT2D eigenvalue weighted by atomic mass is 9.97. The number of aliphatic hydroxyl groups is 1. The molecular weight excluding hydrogens is 359 g/mol. The maximum absolute atomic E-state index is 14.4. The summed E-state index contributed by atoms with van der Waals surface area (Å²) in [7, 11) is 0. The number of carbonyl (C=O) groups is 1. The number of amides is 1. The lowest BCUT2D eigenvalue weighted by Crippen LogP contribution is -2.34. The van der Waals surface area contributed by atoms with Crippen LogP contribution in [-0.2, 0) is 0 Å². The van der Waals surface area contributed by atoms with Crippen molar-refractivity contribution in [2.45, 2.75) is 26.8 Å². The predicted molar refractivity (Wildman–Crippen MR) is 107 cm³/mol. The molecule has 0 saturated heterocycles. The van der Waals surface area contributed by atoms with Crippen LogP contribution in [0.15, 0.2) is 36.4 Å². The van der Waals surface area contributed by atoms with Gasteiger partial charge in [0.1, 0.15) is 18.2 Å². The number of halogens is 1. The summed E-state index contributed by atoms with van der Waals surface area (Å²) in [5.74, 6) is 5.35. The molecule has 0 unspecified atom stereocenters. The fourth-order valence-corrected chi connectivity index (χ4v) is 2.62. The molecule has 1 amide bonds. The summed E-state index contributed by atoms with van der Waals surface area (Å²) in [6.07, 6.45) is 0. The minimum atomic E-state index is -0.625. The fraction of sp³-hybridized carbons (Fsp3) is 0.318. The predicted octanol–water partition coefficient (Wildman–Crippen LogP) is 3.64. The van der Waals surface area contributed by atoms with E-state index < -0.39 is 11.7 Å². The van der Waals surface area contributed by atoms with Gasteiger partial charge >= 0.3 is 0 Å². The molecule has 2 aromatic rings. The first-order chi connectivity index (χ1) is 13.2. The quantitative estimate of drug-likeness (QED) is 0.709. The normalized spacial score (nSPS) is 15.4. The Morgan fingerprint density at radius 1 is 1.32 bits per heavy atom. The zero-order chi connectivity index (χ0) is 20.3. The van der Waals surface area contributed by atoms with Crippen LogP contribution in [0.2, 0.25) is 0 Å². The van der Waals surface area contributed by atoms with Gasteiger partial charge in [-0.1, -0.05) is 11.8 Å². The van der Waals surface area contributed by atoms with E-state index in [4.69, 9.17) is 4.74 Å². The Kier molecular flexibility index (Phi) is 5.57. The van der Waals surface area contributed by atoms with Crippen LogP contribution in [-0.4, -0.2) is 30.3 Å². The molecule has 6 heteroatoms. The van der Waals surface area contributed by atoms with Crippen LogP contribution in [0.3, 0.4) is 0 Å². The maximum Gasteiger partial charge on any atom is 0.258 e. The highest BCUT2D eigenvalue weighted by atomic mass is 19.1. The molecule has 1 atom stereocenters. The first-order valence-electron chi connectivity index (χ1n) is 9.03. The molecule has 5 nitrogen and oxygen atoms in total. The lowest BCUT2D eigenvalue weighted by molar-refractivity contribution is 0.102. The first-order valence-corrected chi connectivity index (χ1v) is 9.03. The Morgan fingerprint density at radius 3 is 2.79 bits per heavy atom. The van der Waals surface area contributed by atoms with Crippen LogP contribution in [0.1, 0.15) is 36.7 Å². The number of benzene rings is 2. The molecular formula is C22H23FN2O3. The van der Waals surface area contributed by atoms with Gasteiger partial charge in [-0.2, -0.15) is 0 Å². The third-order valence-corrected chi connectivity index (χ3v) is 4.06. The van der Waals surface area contributed by atoms with E-state index in [1.165, 1.54) is 12.1 Å². The number of anilines is 2. The van der Waals surface area contributed by atoms with Crippen molar-refractivity contribution >= 4 is 17.3 Å². The minimum Gasteiger partial charge on any atom is -0.489 e. The molecule has 0 spiro atoms. The molecule has 2 aromatic carbocycles. The molecule has 0 fully saturated rings. The SMILES string of the molecule is CC(C)(C)C#Cc1ccc(C(=O)Nc2ccc3c(c2)OC[C@H](CO)N3)c(F)c1. The van der Waals surface area contributed by atoms with Gasteiger partial charge in [0.15, 0.2) is 0 Å². The van der Waals surface area contributed by atoms with Crippen molar-refractivity contribution in [1.82, 2.24) is 0 Å². The minimum absolute atomic E-state index is 0.0344. The summed E-state index contributed by atoms with van der Waals surface area (Å²) in [5, 5.41) is 15.0. The summed E-state index contributed by atoms with van der Waals surface area (Å²) in [6, 6.07) is 9.26. The molecule has 0 bridgehead atoms. The summed E-state index contributed by atoms with van der Waals surface area (Å²) in [5.41, 5.74) is 1.50. The molecule has 1 heterocycles. The van der Waals surface area contributed by atoms with Crippen LogP contribution in [0, 0.1) is 23.1 Å². The molecule has 3 N–H and O–H groups in total. The zero-order valence-corrected chi connectivity index (χ0v) is 16.1. The van der Waals surface area contributed by atoms with Gasteiger partial charge in [0.05, 0.1) is 23.9 Å². The van der Waals surface area contributed by atoms with Crippen molar-refractivity contribution in [1.29, 1.82) is 0 Å². The Bertz CT molecular complexity index is 954. The molecule has 0 aliphatic carbocycles. The molecule has 0 saturated carbocycles. The van der Waals surface area contributed by atoms with Crippen molar-refractivity contribution in [3.05, 3.63) is 53.3 Å². The number of fused-ring (bicyclic) bond motifs is 1. The number of hydrogen-bond acceptors (Lipinski definition) is 4. The standard InChI is InChI=1S/C22H23FN2O3/c1-22(2,3)9-8-14-4-6-17(18(23)10-14)21(27)25-15-5-7-19-20(11-15)28-13-16(12-26)24-19/h4-7,10-11,16,24,26H,12-13H2,1-3H3,(H,25,27)/t16-/m0/s1. The van der Waals surface area contributed by atoms with Crippen LogP contribution < -0.4 is 15.4 Å². The summed E-state index contributed by atoms with van der Waals surface area (Å²) in [6.45, 7) is 6.21. The molecule has 1 aliphatic rings. The second kappa shape index (κ2) is 7.91. The largest absolute Gasteiger partial charge is 0.489 e. The van der Waals surface area contributed by atoms with Crippen molar-refractivity contribution in [3.63, 3.8) is 0 Å². The molecule has 0 aromatic heterocycles. The average Bonchev–Trinajstić information content (AvgIpc) is 2.65. The van der Waals surface area contributed by atoms with E-state index in [-0.39, 0.29) is 23.6 Å². The number of carbonyl (C=O) groups excluding carboxylic acids is 1. The van der Waals surface area contributed by atoms with Gasteiger partial charge in [-0.25, -0.2) is 4.39 Å². The smallest absolute Gasteiger partial charge is 0.258 e. The Morgan fingerprint density at radius 2 is 2.11 bits per heavy atom. The summed E-state index contributed by atoms with van der Waals surface area (Å²) in [4.78, 5) is 12.5. The first kappa shape index (κ1) is 19.7. The van der Waals surface area contributed by atoms with Crippen LogP contribution in [0.4, 0.5) is 15.8 Å². The molecule has 1 aliphatic heterocycles. The van der Waals surface area contributed by atoms with Gasteiger partial charge in [0.2, 0.25) is 0 Å². The molecule has 28 heavy (non-hydrogen) atoms. The lowest BCUT2D eigenvalue weighted by Gasteiger charge is -2.26. The van der Waals surface area contributed by atoms with Gasteiger partial charge in [-0.15, -0.1) is 0 Å². The van der Waals surface area contributed by atoms with Gasteiger partial charge in [-0.05, 0) is 51.1 Å². The average molecular weight is 382 g/mol. The molecule has 146 valence electrons. The highest BCUT2D eigenvalue weighted by molar-refractivity contribution is 6.04. The van der Waals surface area contributed by atoms with E-state index in [2.05, 4.69) is 22.5 Å². The molecule has 0 radical (unpaired) electrons. The zero-order valence-electron chi connectivity index (χ0n) is 16.1. The number of rotatable bonds is 3. The fourth-order valence-electron chi connectivity index (χ4n) is 2.62. The van der Waals surface area contributed by atoms with E-state index in [1.54, 1.807) is 24.3 Å². The van der Waals surface area contributed by atoms with Gasteiger partial charge in [0, 0.05) is 22.7 Å². The Labute approximate surface area is 163 Å². The number of aliphatic hydroxyl groups excluding tert-OH is 1. The summed E-state index contributed by atoms with van der Waals surface area (Å²) < 4.78 is 20.0. The topological polar surface area (TPSA) is 70.6 Å². The number of ether oxygens (including phenoxy) is 1. The monoisotopic (exact) mass is 382 g/mol. The van der Waals surface area contributed by atoms with Crippen molar-refractivity contribution in [2.24, 2.45) is 5.41 Å². The second-order valence-corrected chi connectivity index (χ2v) is 7.69. The second-order valence-electron chi connectivity index (χ2n) is 7.69. The summed E-state index contributed by atoms with van der Waals surface area (Å²) >= 11 is 0. The van der Waals surface area contributed by atoms with Crippen LogP contribution in [0.25, 0.3) is 0 Å². The number of nitrogens with one attached hydrogen (secondary N) is 2. The van der Waals surface area contributed by atoms with E-state index in [0.717, 1.165) is 5.69 Å². The van der Waals surface area contributed by atoms with Gasteiger partial charge < -0.3 is 20.5 Å².